The van der Waals surface area contributed by atoms with Gasteiger partial charge in [-0.05, 0) is 6.42 Å². The quantitative estimate of drug-likeness (QED) is 0.449. The summed E-state index contributed by atoms with van der Waals surface area (Å²) in [5, 5.41) is 11.1. The van der Waals surface area contributed by atoms with Gasteiger partial charge in [0.15, 0.2) is 6.04 Å². The fourth-order valence-corrected chi connectivity index (χ4v) is 1.52. The Balaban J connectivity index is 3.29. The van der Waals surface area contributed by atoms with E-state index in [2.05, 4.69) is 12.1 Å². The minimum Gasteiger partial charge on any atom is -0.480 e. The molecule has 88 valence electrons. The molecule has 0 saturated carbocycles. The lowest BCUT2D eigenvalue weighted by atomic mass is 10.1. The van der Waals surface area contributed by atoms with Gasteiger partial charge < -0.3 is 5.11 Å². The van der Waals surface area contributed by atoms with Gasteiger partial charge in [-0.25, -0.2) is 4.79 Å². The fraction of sp³-hybridized carbons (Fsp3) is 0.909. The van der Waals surface area contributed by atoms with Crippen LogP contribution in [0.25, 0.3) is 0 Å². The van der Waals surface area contributed by atoms with Crippen molar-refractivity contribution in [2.24, 2.45) is 5.18 Å². The molecule has 0 aromatic rings. The van der Waals surface area contributed by atoms with E-state index in [-0.39, 0.29) is 0 Å². The van der Waals surface area contributed by atoms with E-state index in [1.54, 1.807) is 0 Å². The van der Waals surface area contributed by atoms with Crippen LogP contribution in [0.2, 0.25) is 0 Å². The standard InChI is InChI=1S/C11H21NO3/c1-2-3-4-5-6-7-8-9-10(12-15)11(13)14/h10H,2-9H2,1H3,(H,13,14). The molecule has 15 heavy (non-hydrogen) atoms. The monoisotopic (exact) mass is 215 g/mol. The highest BCUT2D eigenvalue weighted by molar-refractivity contribution is 5.73. The molecule has 0 radical (unpaired) electrons. The molecule has 0 amide bonds. The van der Waals surface area contributed by atoms with Crippen LogP contribution in [0.1, 0.15) is 58.3 Å². The minimum atomic E-state index is -1.10. The molecule has 0 heterocycles. The average molecular weight is 215 g/mol. The third-order valence-electron chi connectivity index (χ3n) is 2.49. The van der Waals surface area contributed by atoms with Crippen LogP contribution in [0.3, 0.4) is 0 Å². The highest BCUT2D eigenvalue weighted by Gasteiger charge is 2.16. The van der Waals surface area contributed by atoms with E-state index in [0.717, 1.165) is 19.3 Å². The molecule has 0 fully saturated rings. The molecule has 0 aliphatic carbocycles. The first-order chi connectivity index (χ1) is 7.22. The van der Waals surface area contributed by atoms with Crippen molar-refractivity contribution in [2.75, 3.05) is 0 Å². The van der Waals surface area contributed by atoms with Crippen molar-refractivity contribution in [3.8, 4) is 0 Å². The average Bonchev–Trinajstić information content (AvgIpc) is 2.21. The van der Waals surface area contributed by atoms with E-state index in [9.17, 15) is 9.70 Å². The number of carbonyl (C=O) groups is 1. The zero-order chi connectivity index (χ0) is 11.5. The number of rotatable bonds is 10. The molecule has 1 unspecified atom stereocenters. The van der Waals surface area contributed by atoms with E-state index in [1.165, 1.54) is 25.7 Å². The summed E-state index contributed by atoms with van der Waals surface area (Å²) in [6.45, 7) is 2.17. The molecule has 0 aliphatic heterocycles. The molecule has 0 spiro atoms. The van der Waals surface area contributed by atoms with Crippen LogP contribution in [0.5, 0.6) is 0 Å². The van der Waals surface area contributed by atoms with Gasteiger partial charge >= 0.3 is 5.97 Å². The molecule has 4 heteroatoms. The summed E-state index contributed by atoms with van der Waals surface area (Å²) in [6, 6.07) is -1.04. The summed E-state index contributed by atoms with van der Waals surface area (Å²) in [5.41, 5.74) is 0. The molecule has 4 nitrogen and oxygen atoms in total. The normalized spacial score (nSPS) is 12.3. The van der Waals surface area contributed by atoms with E-state index < -0.39 is 12.0 Å². The summed E-state index contributed by atoms with van der Waals surface area (Å²) < 4.78 is 0. The van der Waals surface area contributed by atoms with Gasteiger partial charge in [0.05, 0.1) is 0 Å². The first kappa shape index (κ1) is 14.1. The van der Waals surface area contributed by atoms with Crippen molar-refractivity contribution in [1.82, 2.24) is 0 Å². The summed E-state index contributed by atoms with van der Waals surface area (Å²) in [7, 11) is 0. The summed E-state index contributed by atoms with van der Waals surface area (Å²) in [4.78, 5) is 20.6. The molecule has 1 atom stereocenters. The Labute approximate surface area is 91.0 Å². The van der Waals surface area contributed by atoms with E-state index >= 15 is 0 Å². The van der Waals surface area contributed by atoms with E-state index in [0.29, 0.717) is 6.42 Å². The molecule has 0 aliphatic rings. The highest BCUT2D eigenvalue weighted by Crippen LogP contribution is 2.11. The maximum absolute atomic E-state index is 10.4. The van der Waals surface area contributed by atoms with Crippen LogP contribution in [0, 0.1) is 4.91 Å². The van der Waals surface area contributed by atoms with Gasteiger partial charge in [0, 0.05) is 0 Å². The van der Waals surface area contributed by atoms with Crippen LogP contribution in [0.4, 0.5) is 0 Å². The zero-order valence-electron chi connectivity index (χ0n) is 9.45. The third-order valence-corrected chi connectivity index (χ3v) is 2.49. The van der Waals surface area contributed by atoms with Crippen molar-refractivity contribution >= 4 is 5.97 Å². The lowest BCUT2D eigenvalue weighted by Gasteiger charge is -2.03. The zero-order valence-corrected chi connectivity index (χ0v) is 9.45. The van der Waals surface area contributed by atoms with E-state index in [4.69, 9.17) is 5.11 Å². The predicted molar refractivity (Wildman–Crippen MR) is 59.8 cm³/mol. The molecule has 0 aromatic heterocycles. The Hall–Kier alpha value is -0.930. The number of nitroso groups, excluding NO2 is 1. The van der Waals surface area contributed by atoms with E-state index in [1.807, 2.05) is 0 Å². The van der Waals surface area contributed by atoms with Gasteiger partial charge in [-0.2, -0.15) is 0 Å². The van der Waals surface area contributed by atoms with Gasteiger partial charge in [-0.3, -0.25) is 0 Å². The lowest BCUT2D eigenvalue weighted by Crippen LogP contribution is -2.16. The van der Waals surface area contributed by atoms with Crippen LogP contribution >= 0.6 is 0 Å². The van der Waals surface area contributed by atoms with Crippen molar-refractivity contribution in [3.05, 3.63) is 4.91 Å². The van der Waals surface area contributed by atoms with Crippen LogP contribution in [-0.2, 0) is 4.79 Å². The van der Waals surface area contributed by atoms with Crippen molar-refractivity contribution in [1.29, 1.82) is 0 Å². The Bertz CT molecular complexity index is 183. The summed E-state index contributed by atoms with van der Waals surface area (Å²) >= 11 is 0. The number of carboxylic acids is 1. The predicted octanol–water partition coefficient (Wildman–Crippen LogP) is 3.35. The number of nitrogens with zero attached hydrogens (tertiary/aromatic N) is 1. The minimum absolute atomic E-state index is 0.382. The van der Waals surface area contributed by atoms with Gasteiger partial charge in [0.2, 0.25) is 0 Å². The SMILES string of the molecule is CCCCCCCCCC(N=O)C(=O)O. The second kappa shape index (κ2) is 9.62. The fourth-order valence-electron chi connectivity index (χ4n) is 1.52. The first-order valence-corrected chi connectivity index (χ1v) is 5.77. The first-order valence-electron chi connectivity index (χ1n) is 5.77. The topological polar surface area (TPSA) is 66.7 Å². The molecule has 0 bridgehead atoms. The molecule has 0 saturated heterocycles. The molecule has 0 rings (SSSR count). The highest BCUT2D eigenvalue weighted by atomic mass is 16.4. The number of hydrogen-bond acceptors (Lipinski definition) is 3. The Kier molecular flexibility index (Phi) is 9.02. The van der Waals surface area contributed by atoms with Crippen molar-refractivity contribution in [2.45, 2.75) is 64.3 Å². The number of hydrogen-bond donors (Lipinski definition) is 1. The Morgan fingerprint density at radius 1 is 1.13 bits per heavy atom. The Morgan fingerprint density at radius 3 is 2.13 bits per heavy atom. The second-order valence-electron chi connectivity index (χ2n) is 3.87. The molecule has 0 aromatic carbocycles. The Morgan fingerprint density at radius 2 is 1.67 bits per heavy atom. The third kappa shape index (κ3) is 8.09. The van der Waals surface area contributed by atoms with Crippen LogP contribution in [0.15, 0.2) is 5.18 Å². The summed E-state index contributed by atoms with van der Waals surface area (Å²) in [6.07, 6.45) is 8.27. The number of carboxylic acid groups (broad SMARTS) is 1. The van der Waals surface area contributed by atoms with Crippen LogP contribution in [-0.4, -0.2) is 17.1 Å². The maximum atomic E-state index is 10.4. The summed E-state index contributed by atoms with van der Waals surface area (Å²) in [5.74, 6) is -1.10. The van der Waals surface area contributed by atoms with Crippen molar-refractivity contribution < 1.29 is 9.90 Å². The maximum Gasteiger partial charge on any atom is 0.332 e. The largest absolute Gasteiger partial charge is 0.480 e. The van der Waals surface area contributed by atoms with Gasteiger partial charge in [0.1, 0.15) is 0 Å². The number of unbranched alkanes of at least 4 members (excludes halogenated alkanes) is 6. The second-order valence-corrected chi connectivity index (χ2v) is 3.87. The van der Waals surface area contributed by atoms with Gasteiger partial charge in [0.25, 0.3) is 0 Å². The molecular weight excluding hydrogens is 194 g/mol. The van der Waals surface area contributed by atoms with Crippen LogP contribution < -0.4 is 0 Å². The molecular formula is C11H21NO3. The lowest BCUT2D eigenvalue weighted by molar-refractivity contribution is -0.138. The number of aliphatic carboxylic acids is 1. The van der Waals surface area contributed by atoms with Crippen molar-refractivity contribution in [3.63, 3.8) is 0 Å². The smallest absolute Gasteiger partial charge is 0.332 e. The van der Waals surface area contributed by atoms with Gasteiger partial charge in [-0.1, -0.05) is 57.0 Å². The van der Waals surface area contributed by atoms with Gasteiger partial charge in [-0.15, -0.1) is 4.91 Å². The molecule has 1 N–H and O–H groups in total.